The van der Waals surface area contributed by atoms with Gasteiger partial charge in [0.15, 0.2) is 0 Å². The first kappa shape index (κ1) is 25.5. The van der Waals surface area contributed by atoms with Crippen molar-refractivity contribution in [3.8, 4) is 12.1 Å². The molecule has 4 rings (SSSR count). The van der Waals surface area contributed by atoms with Crippen LogP contribution in [0.25, 0.3) is 10.9 Å². The van der Waals surface area contributed by atoms with Crippen molar-refractivity contribution in [2.45, 2.75) is 53.1 Å². The Bertz CT molecular complexity index is 1620. The van der Waals surface area contributed by atoms with E-state index >= 15 is 0 Å². The molecule has 2 heterocycles. The number of benzene rings is 2. The highest BCUT2D eigenvalue weighted by molar-refractivity contribution is 6.35. The molecule has 9 heteroatoms. The quantitative estimate of drug-likeness (QED) is 0.289. The Hall–Kier alpha value is -4.14. The normalized spacial score (nSPS) is 13.8. The highest BCUT2D eigenvalue weighted by Crippen LogP contribution is 2.36. The lowest BCUT2D eigenvalue weighted by Crippen LogP contribution is -2.22. The third kappa shape index (κ3) is 5.88. The third-order valence-electron chi connectivity index (χ3n) is 5.83. The summed E-state index contributed by atoms with van der Waals surface area (Å²) in [5.41, 5.74) is 2.97. The fourth-order valence-corrected chi connectivity index (χ4v) is 4.11. The van der Waals surface area contributed by atoms with Crippen LogP contribution in [-0.2, 0) is 5.54 Å². The number of pyridine rings is 1. The first-order chi connectivity index (χ1) is 18.2. The van der Waals surface area contributed by atoms with Crippen LogP contribution in [0.4, 0.5) is 11.4 Å². The van der Waals surface area contributed by atoms with E-state index in [1.807, 2.05) is 26.8 Å². The fraction of sp³-hybridized carbons (Fsp3) is 0.345. The summed E-state index contributed by atoms with van der Waals surface area (Å²) in [4.78, 5) is 4.43. The summed E-state index contributed by atoms with van der Waals surface area (Å²) in [5.74, 6) is 0. The van der Waals surface area contributed by atoms with Gasteiger partial charge >= 0.3 is 0 Å². The molecule has 0 aliphatic rings. The maximum Gasteiger partial charge on any atom is 0.109 e. The van der Waals surface area contributed by atoms with Crippen molar-refractivity contribution in [3.05, 3.63) is 76.2 Å². The average Bonchev–Trinajstić information content (AvgIpc) is 3.39. The van der Waals surface area contributed by atoms with Crippen LogP contribution in [0.5, 0.6) is 0 Å². The smallest absolute Gasteiger partial charge is 0.109 e. The molecule has 2 aromatic carbocycles. The van der Waals surface area contributed by atoms with E-state index in [4.69, 9.17) is 11.6 Å². The molecule has 2 aromatic heterocycles. The van der Waals surface area contributed by atoms with Gasteiger partial charge in [0.1, 0.15) is 11.8 Å². The van der Waals surface area contributed by atoms with Crippen LogP contribution in [0.2, 0.25) is 5.02 Å². The predicted octanol–water partition coefficient (Wildman–Crippen LogP) is 6.64. The lowest BCUT2D eigenvalue weighted by atomic mass is 9.96. The second-order valence-electron chi connectivity index (χ2n) is 11.3. The van der Waals surface area contributed by atoms with Crippen LogP contribution in [0, 0.1) is 28.1 Å². The second kappa shape index (κ2) is 10.3. The van der Waals surface area contributed by atoms with Crippen LogP contribution in [0.3, 0.4) is 0 Å². The van der Waals surface area contributed by atoms with Gasteiger partial charge in [-0.3, -0.25) is 4.98 Å². The van der Waals surface area contributed by atoms with Crippen LogP contribution in [0.1, 0.15) is 71.3 Å². The predicted molar refractivity (Wildman–Crippen MR) is 151 cm³/mol. The number of nitrogens with one attached hydrogen (secondary N) is 2. The van der Waals surface area contributed by atoms with E-state index in [1.54, 1.807) is 41.2 Å². The van der Waals surface area contributed by atoms with Crippen molar-refractivity contribution in [1.29, 1.82) is 10.5 Å². The van der Waals surface area contributed by atoms with Gasteiger partial charge in [-0.05, 0) is 56.0 Å². The Morgan fingerprint density at radius 1 is 1.11 bits per heavy atom. The maximum absolute atomic E-state index is 9.79. The summed E-state index contributed by atoms with van der Waals surface area (Å²) in [6.07, 6.45) is 3.24. The molecule has 0 aliphatic heterocycles. The first-order valence-electron chi connectivity index (χ1n) is 12.7. The van der Waals surface area contributed by atoms with Gasteiger partial charge in [-0.25, -0.2) is 4.68 Å². The molecule has 0 unspecified atom stereocenters. The van der Waals surface area contributed by atoms with Crippen molar-refractivity contribution >= 4 is 33.9 Å². The molecule has 2 N–H and O–H groups in total. The Morgan fingerprint density at radius 3 is 2.50 bits per heavy atom. The Balaban J connectivity index is 1.90. The van der Waals surface area contributed by atoms with Gasteiger partial charge in [0.25, 0.3) is 0 Å². The van der Waals surface area contributed by atoms with E-state index in [0.717, 1.165) is 0 Å². The van der Waals surface area contributed by atoms with E-state index in [1.165, 1.54) is 6.20 Å². The summed E-state index contributed by atoms with van der Waals surface area (Å²) in [5, 5.41) is 35.7. The third-order valence-corrected chi connectivity index (χ3v) is 6.12. The average molecular weight is 528 g/mol. The molecule has 194 valence electrons. The molecule has 4 aromatic rings. The van der Waals surface area contributed by atoms with Gasteiger partial charge in [-0.2, -0.15) is 10.5 Å². The zero-order chi connectivity index (χ0) is 28.6. The Labute approximate surface area is 229 Å². The zero-order valence-corrected chi connectivity index (χ0v) is 23.1. The fourth-order valence-electron chi connectivity index (χ4n) is 3.84. The summed E-state index contributed by atoms with van der Waals surface area (Å²) in [7, 11) is 0. The van der Waals surface area contributed by atoms with Crippen molar-refractivity contribution in [2.75, 3.05) is 17.2 Å². The van der Waals surface area contributed by atoms with E-state index in [-0.39, 0.29) is 11.0 Å². The van der Waals surface area contributed by atoms with E-state index < -0.39 is 6.02 Å². The number of rotatable bonds is 6. The molecule has 0 saturated heterocycles. The Kier molecular flexibility index (Phi) is 6.93. The number of halogens is 1. The maximum atomic E-state index is 9.79. The van der Waals surface area contributed by atoms with E-state index in [9.17, 15) is 11.9 Å². The molecule has 0 spiro atoms. The number of nitriles is 2. The van der Waals surface area contributed by atoms with Crippen LogP contribution >= 0.6 is 11.6 Å². The standard InChI is InChI=1S/C29H31ClN8/c1-28(2,3)17-34-25-20(14-32)15-33-27-22(25)11-21(12-23(27)30)35-26(19-9-7-8-18(10-19)13-31)24-16-38(37-36-24)29(4,5)6/h7-12,15-16,26,35H,17H2,1-6H3,(H,33,34)/t26-/m0/s1/i26D. The molecular weight excluding hydrogens is 496 g/mol. The molecule has 8 nitrogen and oxygen atoms in total. The molecule has 0 amide bonds. The van der Waals surface area contributed by atoms with Crippen molar-refractivity contribution in [1.82, 2.24) is 20.0 Å². The molecule has 38 heavy (non-hydrogen) atoms. The summed E-state index contributed by atoms with van der Waals surface area (Å²) < 4.78 is 11.3. The minimum absolute atomic E-state index is 0.0387. The van der Waals surface area contributed by atoms with Crippen LogP contribution in [-0.4, -0.2) is 26.5 Å². The number of aromatic nitrogens is 4. The van der Waals surface area contributed by atoms with Gasteiger partial charge in [0, 0.05) is 23.8 Å². The van der Waals surface area contributed by atoms with Crippen molar-refractivity contribution in [2.24, 2.45) is 5.41 Å². The van der Waals surface area contributed by atoms with Crippen LogP contribution in [0.15, 0.2) is 48.8 Å². The number of fused-ring (bicyclic) bond motifs is 1. The molecule has 0 radical (unpaired) electrons. The monoisotopic (exact) mass is 527 g/mol. The molecule has 0 fully saturated rings. The highest BCUT2D eigenvalue weighted by atomic mass is 35.5. The van der Waals surface area contributed by atoms with Crippen LogP contribution < -0.4 is 10.6 Å². The Morgan fingerprint density at radius 2 is 1.87 bits per heavy atom. The number of anilines is 2. The van der Waals surface area contributed by atoms with Gasteiger partial charge in [0.05, 0.1) is 52.5 Å². The van der Waals surface area contributed by atoms with Gasteiger partial charge < -0.3 is 10.6 Å². The minimum Gasteiger partial charge on any atom is -0.383 e. The summed E-state index contributed by atoms with van der Waals surface area (Å²) in [6.45, 7) is 12.9. The van der Waals surface area contributed by atoms with Crippen molar-refractivity contribution in [3.63, 3.8) is 0 Å². The number of hydrogen-bond donors (Lipinski definition) is 2. The second-order valence-corrected chi connectivity index (χ2v) is 11.7. The molecule has 1 atom stereocenters. The lowest BCUT2D eigenvalue weighted by Gasteiger charge is -2.22. The topological polar surface area (TPSA) is 115 Å². The SMILES string of the molecule is [2H][C@](Nc1cc(Cl)c2ncc(C#N)c(NCC(C)(C)C)c2c1)(c1cccc(C#N)c1)c1cn(C(C)(C)C)nn1. The first-order valence-corrected chi connectivity index (χ1v) is 12.6. The molecule has 0 bridgehead atoms. The minimum atomic E-state index is -1.62. The van der Waals surface area contributed by atoms with Gasteiger partial charge in [0.2, 0.25) is 0 Å². The number of hydrogen-bond acceptors (Lipinski definition) is 7. The lowest BCUT2D eigenvalue weighted by molar-refractivity contribution is 0.347. The largest absolute Gasteiger partial charge is 0.383 e. The van der Waals surface area contributed by atoms with Crippen molar-refractivity contribution < 1.29 is 1.37 Å². The van der Waals surface area contributed by atoms with E-state index in [0.29, 0.717) is 56.2 Å². The summed E-state index contributed by atoms with van der Waals surface area (Å²) >= 11 is 6.70. The molecular formula is C29H31ClN8. The molecule has 0 aliphatic carbocycles. The zero-order valence-electron chi connectivity index (χ0n) is 23.4. The van der Waals surface area contributed by atoms with E-state index in [2.05, 4.69) is 58.8 Å². The summed E-state index contributed by atoms with van der Waals surface area (Å²) in [6, 6.07) is 13.1. The highest BCUT2D eigenvalue weighted by Gasteiger charge is 2.23. The number of nitrogens with zero attached hydrogens (tertiary/aromatic N) is 6. The van der Waals surface area contributed by atoms with Gasteiger partial charge in [-0.1, -0.05) is 49.7 Å². The molecule has 0 saturated carbocycles. The van der Waals surface area contributed by atoms with Gasteiger partial charge in [-0.15, -0.1) is 5.10 Å².